The summed E-state index contributed by atoms with van der Waals surface area (Å²) in [5.74, 6) is 0. The average Bonchev–Trinajstić information content (AvgIpc) is 4.06. The smallest absolute Gasteiger partial charge is 0.161 e. The molecule has 12 aromatic carbocycles. The number of aryl methyl sites for hydroxylation is 1. The van der Waals surface area contributed by atoms with E-state index < -0.39 is 0 Å². The Bertz CT molecular complexity index is 4360. The minimum atomic E-state index is 0.877. The number of hydrogen-bond donors (Lipinski definition) is 0. The van der Waals surface area contributed by atoms with Crippen LogP contribution in [0.4, 0.5) is 39.8 Å². The number of benzene rings is 12. The normalized spacial score (nSPS) is 12.9. The Kier molecular flexibility index (Phi) is 7.76. The fraction of sp³-hybridized carbons (Fsp3) is 0.0476. The molecule has 320 valence electrons. The third-order valence-electron chi connectivity index (χ3n) is 14.6. The highest BCUT2D eigenvalue weighted by Crippen LogP contribution is 2.53. The summed E-state index contributed by atoms with van der Waals surface area (Å²) in [6, 6.07) is 75.0. The predicted octanol–water partition coefficient (Wildman–Crippen LogP) is 17.8. The first-order valence-corrected chi connectivity index (χ1v) is 23.5. The second kappa shape index (κ2) is 14.1. The van der Waals surface area contributed by atoms with Gasteiger partial charge in [0.25, 0.3) is 0 Å². The van der Waals surface area contributed by atoms with E-state index in [2.05, 4.69) is 228 Å². The van der Waals surface area contributed by atoms with Crippen molar-refractivity contribution in [2.75, 3.05) is 27.8 Å². The number of anilines is 7. The van der Waals surface area contributed by atoms with E-state index >= 15 is 0 Å². The number of rotatable bonds is 7. The van der Waals surface area contributed by atoms with Crippen molar-refractivity contribution in [2.45, 2.75) is 6.92 Å². The van der Waals surface area contributed by atoms with E-state index in [-0.39, 0.29) is 0 Å². The van der Waals surface area contributed by atoms with E-state index in [1.165, 1.54) is 59.5 Å². The van der Waals surface area contributed by atoms with Gasteiger partial charge in [-0.05, 0) is 116 Å². The molecule has 2 aromatic heterocycles. The Morgan fingerprint density at radius 1 is 0.353 bits per heavy atom. The highest BCUT2D eigenvalue weighted by molar-refractivity contribution is 6.30. The van der Waals surface area contributed by atoms with Crippen LogP contribution in [0.1, 0.15) is 5.56 Å². The van der Waals surface area contributed by atoms with Gasteiger partial charge in [0.05, 0.1) is 22.7 Å². The van der Waals surface area contributed by atoms with Gasteiger partial charge < -0.3 is 23.5 Å². The summed E-state index contributed by atoms with van der Waals surface area (Å²) in [7, 11) is 0. The lowest BCUT2D eigenvalue weighted by atomic mass is 9.91. The summed E-state index contributed by atoms with van der Waals surface area (Å²) < 4.78 is 14.1. The molecule has 0 N–H and O–H groups in total. The molecule has 1 saturated heterocycles. The number of fused-ring (bicyclic) bond motifs is 10. The summed E-state index contributed by atoms with van der Waals surface area (Å²) in [4.78, 5) is 7.33. The molecule has 1 fully saturated rings. The zero-order chi connectivity index (χ0) is 44.6. The minimum Gasteiger partial charge on any atom is -0.454 e. The van der Waals surface area contributed by atoms with Gasteiger partial charge in [-0.1, -0.05) is 146 Å². The highest BCUT2D eigenvalue weighted by atomic mass is 16.3. The molecule has 0 aliphatic carbocycles. The lowest BCUT2D eigenvalue weighted by Crippen LogP contribution is -2.14. The third-order valence-corrected chi connectivity index (χ3v) is 14.6. The van der Waals surface area contributed by atoms with E-state index in [4.69, 9.17) is 8.83 Å². The number of furan rings is 2. The van der Waals surface area contributed by atoms with Crippen LogP contribution in [0.3, 0.4) is 0 Å². The molecular weight excluding hydrogens is 831 g/mol. The van der Waals surface area contributed by atoms with Gasteiger partial charge in [0.15, 0.2) is 11.2 Å². The van der Waals surface area contributed by atoms with E-state index in [0.29, 0.717) is 0 Å². The van der Waals surface area contributed by atoms with Crippen molar-refractivity contribution < 1.29 is 8.83 Å². The first-order valence-electron chi connectivity index (χ1n) is 23.5. The summed E-state index contributed by atoms with van der Waals surface area (Å²) >= 11 is 0. The minimum absolute atomic E-state index is 0.877. The molecule has 1 aliphatic heterocycles. The largest absolute Gasteiger partial charge is 0.454 e. The van der Waals surface area contributed by atoms with Crippen LogP contribution in [0.2, 0.25) is 0 Å². The standard InChI is InChI=1S/C63H41N3O2/c1-38-20-27-49-58-45-18-10-8-12-39(45)25-34-54(58)67-62(49)60(38)65(43-14-4-2-5-15-43)51-31-23-41-22-29-48-52(32-24-42-21-28-47(51)56(41)57(42)48)66(44-16-6-3-7-17-44)61-53(64-36-37-64)33-30-50-59-46-19-11-9-13-40(46)26-35-55(59)68-63(50)61/h2-35H,36-37H2,1H3. The Morgan fingerprint density at radius 2 is 0.794 bits per heavy atom. The molecule has 1 aliphatic rings. The van der Waals surface area contributed by atoms with Gasteiger partial charge in [-0.25, -0.2) is 0 Å². The maximum absolute atomic E-state index is 7.08. The number of hydrogen-bond acceptors (Lipinski definition) is 5. The van der Waals surface area contributed by atoms with Gasteiger partial charge in [0.2, 0.25) is 0 Å². The number of para-hydroxylation sites is 2. The molecule has 3 heterocycles. The Labute approximate surface area is 391 Å². The quantitative estimate of drug-likeness (QED) is 0.118. The Hall–Kier alpha value is -8.80. The molecule has 0 bridgehead atoms. The van der Waals surface area contributed by atoms with Gasteiger partial charge in [0, 0.05) is 56.8 Å². The van der Waals surface area contributed by atoms with Crippen LogP contribution < -0.4 is 14.7 Å². The predicted molar refractivity (Wildman–Crippen MR) is 286 cm³/mol. The van der Waals surface area contributed by atoms with Crippen molar-refractivity contribution >= 4 is 138 Å². The van der Waals surface area contributed by atoms with Gasteiger partial charge >= 0.3 is 0 Å². The van der Waals surface area contributed by atoms with E-state index in [0.717, 1.165) is 96.7 Å². The zero-order valence-electron chi connectivity index (χ0n) is 37.2. The van der Waals surface area contributed by atoms with Crippen molar-refractivity contribution in [3.8, 4) is 0 Å². The van der Waals surface area contributed by atoms with Crippen LogP contribution in [0.5, 0.6) is 0 Å². The van der Waals surface area contributed by atoms with Crippen molar-refractivity contribution in [1.29, 1.82) is 0 Å². The zero-order valence-corrected chi connectivity index (χ0v) is 37.2. The summed E-state index contributed by atoms with van der Waals surface area (Å²) in [5.41, 5.74) is 12.3. The maximum Gasteiger partial charge on any atom is 0.161 e. The molecule has 0 atom stereocenters. The monoisotopic (exact) mass is 871 g/mol. The van der Waals surface area contributed by atoms with Crippen LogP contribution in [0.15, 0.2) is 215 Å². The average molecular weight is 872 g/mol. The lowest BCUT2D eigenvalue weighted by Gasteiger charge is -2.30. The Morgan fingerprint density at radius 3 is 1.34 bits per heavy atom. The van der Waals surface area contributed by atoms with E-state index in [9.17, 15) is 0 Å². The SMILES string of the molecule is Cc1ccc2c(oc3ccc4ccccc4c32)c1N(c1ccccc1)c1ccc2ccc3c(N(c4ccccc4)c4c(N5CC5)ccc5c4oc4ccc6ccccc6c45)ccc4ccc1c2c43. The molecule has 5 heteroatoms. The molecule has 5 nitrogen and oxygen atoms in total. The van der Waals surface area contributed by atoms with E-state index in [1.807, 2.05) is 0 Å². The molecule has 14 aromatic rings. The highest BCUT2D eigenvalue weighted by Gasteiger charge is 2.31. The molecule has 0 saturated carbocycles. The van der Waals surface area contributed by atoms with Crippen LogP contribution in [0, 0.1) is 6.92 Å². The van der Waals surface area contributed by atoms with Gasteiger partial charge in [-0.2, -0.15) is 0 Å². The maximum atomic E-state index is 7.08. The van der Waals surface area contributed by atoms with E-state index in [1.54, 1.807) is 0 Å². The Balaban J connectivity index is 1.00. The molecule has 0 amide bonds. The molecule has 15 rings (SSSR count). The molecular formula is C63H41N3O2. The number of nitrogens with zero attached hydrogens (tertiary/aromatic N) is 3. The topological polar surface area (TPSA) is 35.8 Å². The summed E-state index contributed by atoms with van der Waals surface area (Å²) in [6.45, 7) is 4.20. The lowest BCUT2D eigenvalue weighted by molar-refractivity contribution is 0.669. The second-order valence-electron chi connectivity index (χ2n) is 18.4. The van der Waals surface area contributed by atoms with Crippen molar-refractivity contribution in [1.82, 2.24) is 0 Å². The fourth-order valence-corrected chi connectivity index (χ4v) is 11.4. The van der Waals surface area contributed by atoms with Gasteiger partial charge in [-0.3, -0.25) is 0 Å². The fourth-order valence-electron chi connectivity index (χ4n) is 11.4. The van der Waals surface area contributed by atoms with Crippen molar-refractivity contribution in [3.63, 3.8) is 0 Å². The molecule has 0 unspecified atom stereocenters. The van der Waals surface area contributed by atoms with Crippen LogP contribution in [-0.2, 0) is 0 Å². The molecule has 68 heavy (non-hydrogen) atoms. The van der Waals surface area contributed by atoms with Crippen LogP contribution >= 0.6 is 0 Å². The third kappa shape index (κ3) is 5.32. The summed E-state index contributed by atoms with van der Waals surface area (Å²) in [5, 5.41) is 16.5. The van der Waals surface area contributed by atoms with Crippen molar-refractivity contribution in [3.05, 3.63) is 212 Å². The van der Waals surface area contributed by atoms with Gasteiger partial charge in [-0.15, -0.1) is 0 Å². The van der Waals surface area contributed by atoms with Gasteiger partial charge in [0.1, 0.15) is 16.9 Å². The van der Waals surface area contributed by atoms with Crippen LogP contribution in [0.25, 0.3) is 97.7 Å². The first-order chi connectivity index (χ1) is 33.7. The van der Waals surface area contributed by atoms with Crippen molar-refractivity contribution in [2.24, 2.45) is 0 Å². The second-order valence-corrected chi connectivity index (χ2v) is 18.4. The first kappa shape index (κ1) is 37.4. The summed E-state index contributed by atoms with van der Waals surface area (Å²) in [6.07, 6.45) is 0. The van der Waals surface area contributed by atoms with Crippen LogP contribution in [-0.4, -0.2) is 13.1 Å². The molecule has 0 spiro atoms. The molecule has 0 radical (unpaired) electrons.